The summed E-state index contributed by atoms with van der Waals surface area (Å²) in [5.74, 6) is 0.799. The van der Waals surface area contributed by atoms with Crippen LogP contribution in [0.2, 0.25) is 0 Å². The smallest absolute Gasteiger partial charge is 0.251 e. The second-order valence-electron chi connectivity index (χ2n) is 10.5. The van der Waals surface area contributed by atoms with Gasteiger partial charge < -0.3 is 20.4 Å². The van der Waals surface area contributed by atoms with Crippen molar-refractivity contribution in [2.24, 2.45) is 0 Å². The van der Waals surface area contributed by atoms with Gasteiger partial charge in [-0.25, -0.2) is 15.0 Å². The first-order valence-electron chi connectivity index (χ1n) is 13.7. The number of nitrogens with one attached hydrogen (secondary N) is 2. The van der Waals surface area contributed by atoms with Crippen LogP contribution in [0.15, 0.2) is 55.1 Å². The highest BCUT2D eigenvalue weighted by molar-refractivity contribution is 5.99. The van der Waals surface area contributed by atoms with Crippen LogP contribution in [0.25, 0.3) is 16.9 Å². The Morgan fingerprint density at radius 1 is 0.921 bits per heavy atom. The third-order valence-corrected chi connectivity index (χ3v) is 8.21. The number of anilines is 3. The molecule has 0 atom stereocenters. The van der Waals surface area contributed by atoms with Crippen LogP contribution in [0.1, 0.15) is 48.0 Å². The van der Waals surface area contributed by atoms with Gasteiger partial charge in [-0.2, -0.15) is 0 Å². The van der Waals surface area contributed by atoms with E-state index in [1.807, 2.05) is 36.8 Å². The van der Waals surface area contributed by atoms with E-state index in [1.54, 1.807) is 6.20 Å². The van der Waals surface area contributed by atoms with Gasteiger partial charge in [0.1, 0.15) is 0 Å². The van der Waals surface area contributed by atoms with Crippen molar-refractivity contribution in [3.63, 3.8) is 0 Å². The zero-order chi connectivity index (χ0) is 25.5. The maximum atomic E-state index is 11.9. The first kappa shape index (κ1) is 23.2. The van der Waals surface area contributed by atoms with Gasteiger partial charge in [0.15, 0.2) is 5.65 Å². The number of nitrogens with zero attached hydrogens (tertiary/aromatic N) is 6. The molecule has 0 unspecified atom stereocenters. The molecule has 38 heavy (non-hydrogen) atoms. The molecule has 194 valence electrons. The Kier molecular flexibility index (Phi) is 5.92. The minimum Gasteiger partial charge on any atom is -0.350 e. The maximum absolute atomic E-state index is 11.9. The summed E-state index contributed by atoms with van der Waals surface area (Å²) in [7, 11) is 0. The number of piperidine rings is 2. The highest BCUT2D eigenvalue weighted by atomic mass is 16.1. The first-order chi connectivity index (χ1) is 18.7. The lowest BCUT2D eigenvalue weighted by atomic mass is 10.0. The molecule has 4 aromatic rings. The summed E-state index contributed by atoms with van der Waals surface area (Å²) in [5, 5.41) is 6.34. The molecule has 9 nitrogen and oxygen atoms in total. The highest BCUT2D eigenvalue weighted by Crippen LogP contribution is 2.30. The van der Waals surface area contributed by atoms with Crippen LogP contribution in [0.3, 0.4) is 0 Å². The van der Waals surface area contributed by atoms with Gasteiger partial charge in [0.05, 0.1) is 29.5 Å². The SMILES string of the molecule is O=C1NCc2cc(-c3ccc(Nc4cnc(N5CCC(N6CCCCC6)CC5)nc4)c4nccn34)ccc21. The van der Waals surface area contributed by atoms with Crippen LogP contribution in [0.5, 0.6) is 0 Å². The second-order valence-corrected chi connectivity index (χ2v) is 10.5. The molecule has 0 spiro atoms. The van der Waals surface area contributed by atoms with Gasteiger partial charge in [0, 0.05) is 43.6 Å². The van der Waals surface area contributed by atoms with E-state index < -0.39 is 0 Å². The number of carbonyl (C=O) groups is 1. The number of hydrogen-bond acceptors (Lipinski definition) is 7. The Labute approximate surface area is 221 Å². The number of rotatable bonds is 5. The predicted molar refractivity (Wildman–Crippen MR) is 148 cm³/mol. The topological polar surface area (TPSA) is 90.7 Å². The van der Waals surface area contributed by atoms with E-state index in [1.165, 1.54) is 45.2 Å². The van der Waals surface area contributed by atoms with Crippen LogP contribution >= 0.6 is 0 Å². The van der Waals surface area contributed by atoms with Gasteiger partial charge in [-0.3, -0.25) is 9.20 Å². The molecule has 3 aromatic heterocycles. The van der Waals surface area contributed by atoms with Crippen LogP contribution in [-0.4, -0.2) is 62.4 Å². The van der Waals surface area contributed by atoms with Crippen molar-refractivity contribution in [2.75, 3.05) is 36.4 Å². The fraction of sp³-hybridized carbons (Fsp3) is 0.379. The number of imidazole rings is 1. The Bertz CT molecular complexity index is 1470. The summed E-state index contributed by atoms with van der Waals surface area (Å²) in [5.41, 5.74) is 6.38. The Hall–Kier alpha value is -3.98. The van der Waals surface area contributed by atoms with Gasteiger partial charge in [-0.1, -0.05) is 12.5 Å². The van der Waals surface area contributed by atoms with Crippen molar-refractivity contribution in [3.8, 4) is 11.3 Å². The fourth-order valence-electron chi connectivity index (χ4n) is 6.16. The number of likely N-dealkylation sites (tertiary alicyclic amines) is 1. The molecular formula is C29H32N8O. The fourth-order valence-corrected chi connectivity index (χ4v) is 6.16. The average Bonchev–Trinajstić information content (AvgIpc) is 3.62. The van der Waals surface area contributed by atoms with Crippen LogP contribution < -0.4 is 15.5 Å². The summed E-state index contributed by atoms with van der Waals surface area (Å²) in [6, 6.07) is 10.8. The molecule has 0 radical (unpaired) electrons. The molecule has 3 aliphatic heterocycles. The van der Waals surface area contributed by atoms with Crippen molar-refractivity contribution >= 4 is 28.9 Å². The number of hydrogen-bond donors (Lipinski definition) is 2. The Morgan fingerprint density at radius 3 is 2.55 bits per heavy atom. The molecule has 1 amide bonds. The van der Waals surface area contributed by atoms with Crippen LogP contribution in [0.4, 0.5) is 17.3 Å². The lowest BCUT2D eigenvalue weighted by Crippen LogP contribution is -2.47. The van der Waals surface area contributed by atoms with Crippen molar-refractivity contribution in [1.29, 1.82) is 0 Å². The lowest BCUT2D eigenvalue weighted by Gasteiger charge is -2.40. The third-order valence-electron chi connectivity index (χ3n) is 8.21. The van der Waals surface area contributed by atoms with E-state index >= 15 is 0 Å². The predicted octanol–water partition coefficient (Wildman–Crippen LogP) is 4.23. The summed E-state index contributed by atoms with van der Waals surface area (Å²) < 4.78 is 2.07. The molecule has 6 heterocycles. The molecule has 0 saturated carbocycles. The minimum absolute atomic E-state index is 0.00551. The lowest BCUT2D eigenvalue weighted by molar-refractivity contribution is 0.0965. The van der Waals surface area contributed by atoms with Gasteiger partial charge in [0.2, 0.25) is 5.95 Å². The molecule has 9 heteroatoms. The number of aromatic nitrogens is 4. The van der Waals surface area contributed by atoms with Crippen LogP contribution in [0, 0.1) is 0 Å². The summed E-state index contributed by atoms with van der Waals surface area (Å²) in [6.07, 6.45) is 13.9. The monoisotopic (exact) mass is 508 g/mol. The van der Waals surface area contributed by atoms with Gasteiger partial charge in [-0.05, 0) is 74.2 Å². The van der Waals surface area contributed by atoms with Crippen molar-refractivity contribution in [2.45, 2.75) is 44.7 Å². The normalized spacial score (nSPS) is 18.5. The quantitative estimate of drug-likeness (QED) is 0.417. The van der Waals surface area contributed by atoms with Crippen molar-refractivity contribution < 1.29 is 4.79 Å². The van der Waals surface area contributed by atoms with Gasteiger partial charge in [0.25, 0.3) is 5.91 Å². The Morgan fingerprint density at radius 2 is 1.74 bits per heavy atom. The molecule has 2 saturated heterocycles. The standard InChI is InChI=1S/C29H32N8O/c38-28-24-5-4-20(16-21(24)17-31-28)26-7-6-25(27-30-10-15-37(26)27)34-22-18-32-29(33-19-22)36-13-8-23(9-14-36)35-11-2-1-3-12-35/h4-7,10,15-16,18-19,23,34H,1-3,8-9,11-14,17H2,(H,31,38). The second kappa shape index (κ2) is 9.72. The molecule has 1 aromatic carbocycles. The van der Waals surface area contributed by atoms with E-state index in [0.29, 0.717) is 12.6 Å². The average molecular weight is 509 g/mol. The summed E-state index contributed by atoms with van der Waals surface area (Å²) >= 11 is 0. The number of carbonyl (C=O) groups excluding carboxylic acids is 1. The molecule has 0 aliphatic carbocycles. The number of pyridine rings is 1. The number of amides is 1. The van der Waals surface area contributed by atoms with E-state index in [4.69, 9.17) is 0 Å². The van der Waals surface area contributed by atoms with Crippen LogP contribution in [-0.2, 0) is 6.54 Å². The summed E-state index contributed by atoms with van der Waals surface area (Å²) in [4.78, 5) is 30.9. The zero-order valence-corrected chi connectivity index (χ0v) is 21.4. The zero-order valence-electron chi connectivity index (χ0n) is 21.4. The molecule has 2 fully saturated rings. The molecule has 7 rings (SSSR count). The number of fused-ring (bicyclic) bond motifs is 2. The van der Waals surface area contributed by atoms with Gasteiger partial charge >= 0.3 is 0 Å². The third kappa shape index (κ3) is 4.26. The molecule has 3 aliphatic rings. The van der Waals surface area contributed by atoms with Gasteiger partial charge in [-0.15, -0.1) is 0 Å². The maximum Gasteiger partial charge on any atom is 0.251 e. The van der Waals surface area contributed by atoms with Crippen molar-refractivity contribution in [3.05, 3.63) is 66.2 Å². The number of benzene rings is 1. The first-order valence-corrected chi connectivity index (χ1v) is 13.7. The van der Waals surface area contributed by atoms with E-state index in [9.17, 15) is 4.79 Å². The van der Waals surface area contributed by atoms with E-state index in [2.05, 4.69) is 51.9 Å². The molecule has 2 N–H and O–H groups in total. The molecule has 0 bridgehead atoms. The Balaban J connectivity index is 1.05. The van der Waals surface area contributed by atoms with E-state index in [-0.39, 0.29) is 5.91 Å². The summed E-state index contributed by atoms with van der Waals surface area (Å²) in [6.45, 7) is 5.12. The minimum atomic E-state index is -0.00551. The highest BCUT2D eigenvalue weighted by Gasteiger charge is 2.26. The molecular weight excluding hydrogens is 476 g/mol. The van der Waals surface area contributed by atoms with E-state index in [0.717, 1.165) is 58.4 Å². The largest absolute Gasteiger partial charge is 0.350 e. The van der Waals surface area contributed by atoms with Crippen molar-refractivity contribution in [1.82, 2.24) is 29.6 Å².